The normalized spacial score (nSPS) is 4.10. The zero-order valence-electron chi connectivity index (χ0n) is 19.0. The van der Waals surface area contributed by atoms with Crippen LogP contribution in [-0.2, 0) is 14.6 Å². The number of aliphatic hydroxyl groups is 2. The maximum absolute atomic E-state index is 9.95. The average Bonchev–Trinajstić information content (AvgIpc) is 2.90. The van der Waals surface area contributed by atoms with Crippen molar-refractivity contribution in [2.24, 2.45) is 0 Å². The summed E-state index contributed by atoms with van der Waals surface area (Å²) >= 11 is 0. The lowest BCUT2D eigenvalue weighted by molar-refractivity contribution is -0.249. The van der Waals surface area contributed by atoms with Crippen LogP contribution in [0.3, 0.4) is 0 Å². The van der Waals surface area contributed by atoms with Gasteiger partial charge in [-0.3, -0.25) is 4.89 Å². The van der Waals surface area contributed by atoms with E-state index in [-0.39, 0.29) is 13.2 Å². The lowest BCUT2D eigenvalue weighted by Crippen LogP contribution is -1.96. The molecule has 0 aromatic carbocycles. The smallest absolute Gasteiger partial charge is 0.365 e. The first-order valence-corrected chi connectivity index (χ1v) is 7.31. The predicted molar refractivity (Wildman–Crippen MR) is 139 cm³/mol. The maximum atomic E-state index is 9.95. The fourth-order valence-electron chi connectivity index (χ4n) is 0.116. The van der Waals surface area contributed by atoms with E-state index in [1.165, 1.54) is 7.11 Å². The molecule has 0 radical (unpaired) electrons. The minimum absolute atomic E-state index is 0.125. The second-order valence-electron chi connectivity index (χ2n) is 1.22. The van der Waals surface area contributed by atoms with Gasteiger partial charge in [0.05, 0.1) is 20.3 Å². The van der Waals surface area contributed by atoms with Crippen molar-refractivity contribution in [2.75, 3.05) is 20.3 Å². The number of hydrogen-bond acceptors (Lipinski definition) is 5. The minimum Gasteiger partial charge on any atom is -0.394 e. The van der Waals surface area contributed by atoms with Crippen molar-refractivity contribution in [2.45, 2.75) is 0 Å². The van der Waals surface area contributed by atoms with Crippen LogP contribution in [-0.4, -0.2) is 36.5 Å². The molecule has 174 valence electrons. The van der Waals surface area contributed by atoms with Crippen molar-refractivity contribution in [3.8, 4) is 0 Å². The van der Waals surface area contributed by atoms with Gasteiger partial charge in [0.15, 0.2) is 0 Å². The van der Waals surface area contributed by atoms with Crippen molar-refractivity contribution < 1.29 is 24.8 Å². The Morgan fingerprint density at radius 1 is 0.621 bits per heavy atom. The van der Waals surface area contributed by atoms with Gasteiger partial charge in [-0.1, -0.05) is 6.58 Å². The predicted octanol–water partition coefficient (Wildman–Crippen LogP) is 6.47. The summed E-state index contributed by atoms with van der Waals surface area (Å²) in [6, 6.07) is 0. The van der Waals surface area contributed by atoms with E-state index in [4.69, 9.17) is 10.2 Å². The molecule has 0 bridgehead atoms. The Morgan fingerprint density at radius 2 is 0.793 bits per heavy atom. The Labute approximate surface area is 182 Å². The molecule has 0 spiro atoms. The Morgan fingerprint density at radius 3 is 0.828 bits per heavy atom. The molecule has 0 amide bonds. The molecule has 0 heterocycles. The van der Waals surface area contributed by atoms with Crippen molar-refractivity contribution in [1.29, 1.82) is 0 Å². The van der Waals surface area contributed by atoms with Crippen LogP contribution in [0.15, 0.2) is 131 Å². The molecular weight excluding hydrogens is 368 g/mol. The quantitative estimate of drug-likeness (QED) is 0.239. The minimum atomic E-state index is -0.581. The first-order valence-electron chi connectivity index (χ1n) is 7.31. The summed E-state index contributed by atoms with van der Waals surface area (Å²) in [6.45, 7) is 56.9. The monoisotopic (exact) mass is 416 g/mol. The van der Waals surface area contributed by atoms with Crippen molar-refractivity contribution in [1.82, 2.24) is 0 Å². The highest BCUT2D eigenvalue weighted by Gasteiger charge is 1.88. The van der Waals surface area contributed by atoms with E-state index in [2.05, 4.69) is 135 Å². The molecule has 0 unspecified atom stereocenters. The summed E-state index contributed by atoms with van der Waals surface area (Å²) in [5.74, 6) is -0.581. The van der Waals surface area contributed by atoms with Gasteiger partial charge in [0.2, 0.25) is 0 Å². The number of carbonyl (C=O) groups excluding carboxylic acids is 1. The molecule has 0 saturated carbocycles. The van der Waals surface area contributed by atoms with E-state index in [9.17, 15) is 4.79 Å². The molecule has 0 rings (SSSR count). The van der Waals surface area contributed by atoms with Gasteiger partial charge in [-0.2, -0.15) is 4.89 Å². The highest BCUT2D eigenvalue weighted by Crippen LogP contribution is 1.74. The van der Waals surface area contributed by atoms with E-state index in [1.54, 1.807) is 0 Å². The summed E-state index contributed by atoms with van der Waals surface area (Å²) in [6.07, 6.45) is 1.02. The highest BCUT2D eigenvalue weighted by atomic mass is 17.2. The molecule has 2 N–H and O–H groups in total. The Kier molecular flexibility index (Phi) is 1550. The van der Waals surface area contributed by atoms with Crippen LogP contribution in [0.1, 0.15) is 0 Å². The molecule has 0 aromatic rings. The van der Waals surface area contributed by atoms with Gasteiger partial charge in [-0.25, -0.2) is 4.79 Å². The number of hydrogen-bond donors (Lipinski definition) is 2. The van der Waals surface area contributed by atoms with Crippen LogP contribution in [0, 0.1) is 0 Å². The first kappa shape index (κ1) is 72.5. The Bertz CT molecular complexity index is 179. The van der Waals surface area contributed by atoms with E-state index < -0.39 is 5.97 Å². The van der Waals surface area contributed by atoms with E-state index in [1.807, 2.05) is 0 Å². The summed E-state index contributed by atoms with van der Waals surface area (Å²) < 4.78 is 0. The second kappa shape index (κ2) is 619. The van der Waals surface area contributed by atoms with Crippen molar-refractivity contribution in [3.63, 3.8) is 0 Å². The number of carbonyl (C=O) groups is 1. The molecule has 0 aliphatic carbocycles. The fraction of sp³-hybridized carbons (Fsp3) is 0.125. The van der Waals surface area contributed by atoms with Gasteiger partial charge in [0, 0.05) is 6.08 Å². The lowest BCUT2D eigenvalue weighted by atomic mass is 10.7. The molecule has 0 saturated heterocycles. The van der Waals surface area contributed by atoms with Gasteiger partial charge in [0.25, 0.3) is 0 Å². The molecule has 0 aliphatic rings. The summed E-state index contributed by atoms with van der Waals surface area (Å²) in [5.41, 5.74) is 0. The molecule has 0 fully saturated rings. The highest BCUT2D eigenvalue weighted by molar-refractivity contribution is 5.80. The Balaban J connectivity index is -0.0000000145. The van der Waals surface area contributed by atoms with Crippen LogP contribution < -0.4 is 0 Å². The largest absolute Gasteiger partial charge is 0.394 e. The standard InChI is InChI=1S/C4H6O3.C2H6O2.9C2H4/c1-3-4(5)7-6-2;3-1-2-4;9*1-2/h3H,1H2,2H3;3-4H,1-2H2;9*1-2H2. The van der Waals surface area contributed by atoms with Gasteiger partial charge < -0.3 is 10.2 Å². The SMILES string of the molecule is C=C.C=C.C=C.C=C.C=C.C=C.C=C.C=C.C=C.C=CC(=O)OOC.OCCO. The van der Waals surface area contributed by atoms with Gasteiger partial charge in [-0.15, -0.1) is 118 Å². The van der Waals surface area contributed by atoms with Gasteiger partial charge in [0.1, 0.15) is 0 Å². The Hall–Kier alpha value is -3.25. The topological polar surface area (TPSA) is 76.0 Å². The molecule has 0 aliphatic heterocycles. The van der Waals surface area contributed by atoms with E-state index >= 15 is 0 Å². The average molecular weight is 417 g/mol. The third kappa shape index (κ3) is 1690. The lowest BCUT2D eigenvalue weighted by Gasteiger charge is -1.88. The van der Waals surface area contributed by atoms with Gasteiger partial charge >= 0.3 is 5.97 Å². The fourth-order valence-corrected chi connectivity index (χ4v) is 0.116. The van der Waals surface area contributed by atoms with Gasteiger partial charge in [-0.05, 0) is 0 Å². The van der Waals surface area contributed by atoms with Crippen molar-refractivity contribution >= 4 is 5.97 Å². The van der Waals surface area contributed by atoms with Crippen LogP contribution in [0.25, 0.3) is 0 Å². The number of aliphatic hydroxyl groups excluding tert-OH is 2. The molecule has 0 aromatic heterocycles. The summed E-state index contributed by atoms with van der Waals surface area (Å²) in [5, 5.41) is 15.2. The molecule has 0 atom stereocenters. The molecular formula is C24H48O5. The third-order valence-corrected chi connectivity index (χ3v) is 0.432. The molecule has 5 nitrogen and oxygen atoms in total. The van der Waals surface area contributed by atoms with Crippen LogP contribution in [0.4, 0.5) is 0 Å². The first-order chi connectivity index (χ1) is 14.2. The van der Waals surface area contributed by atoms with Crippen LogP contribution >= 0.6 is 0 Å². The molecule has 5 heteroatoms. The summed E-state index contributed by atoms with van der Waals surface area (Å²) in [7, 11) is 1.25. The maximum Gasteiger partial charge on any atom is 0.365 e. The van der Waals surface area contributed by atoms with E-state index in [0.717, 1.165) is 6.08 Å². The number of rotatable bonds is 3. The zero-order chi connectivity index (χ0) is 27.1. The van der Waals surface area contributed by atoms with Crippen LogP contribution in [0.2, 0.25) is 0 Å². The van der Waals surface area contributed by atoms with Crippen LogP contribution in [0.5, 0.6) is 0 Å². The second-order valence-corrected chi connectivity index (χ2v) is 1.22. The molecule has 29 heavy (non-hydrogen) atoms. The van der Waals surface area contributed by atoms with E-state index in [0.29, 0.717) is 0 Å². The van der Waals surface area contributed by atoms with Crippen molar-refractivity contribution in [3.05, 3.63) is 131 Å². The summed E-state index contributed by atoms with van der Waals surface area (Å²) in [4.78, 5) is 17.9. The third-order valence-electron chi connectivity index (χ3n) is 0.432. The zero-order valence-corrected chi connectivity index (χ0v) is 19.0.